The molecule has 16 heavy (non-hydrogen) atoms. The van der Waals surface area contributed by atoms with Crippen molar-refractivity contribution in [2.45, 2.75) is 4.90 Å². The number of nitrogens with one attached hydrogen (secondary N) is 2. The number of rotatable bonds is 7. The number of sulfonamides is 1. The van der Waals surface area contributed by atoms with Gasteiger partial charge < -0.3 is 10.4 Å². The van der Waals surface area contributed by atoms with Crippen molar-refractivity contribution in [3.05, 3.63) is 30.3 Å². The molecular formula is C10H15N2O3S. The van der Waals surface area contributed by atoms with E-state index in [-0.39, 0.29) is 11.5 Å². The minimum Gasteiger partial charge on any atom is -0.395 e. The molecule has 0 amide bonds. The van der Waals surface area contributed by atoms with Crippen molar-refractivity contribution in [3.8, 4) is 0 Å². The smallest absolute Gasteiger partial charge is 0.240 e. The van der Waals surface area contributed by atoms with Gasteiger partial charge in [0.25, 0.3) is 0 Å². The Hall–Kier alpha value is -0.950. The molecule has 0 aliphatic rings. The van der Waals surface area contributed by atoms with Gasteiger partial charge in [0.2, 0.25) is 10.0 Å². The molecule has 89 valence electrons. The predicted molar refractivity (Wildman–Crippen MR) is 60.4 cm³/mol. The fraction of sp³-hybridized carbons (Fsp3) is 0.400. The third-order valence-corrected chi connectivity index (χ3v) is 3.36. The van der Waals surface area contributed by atoms with Gasteiger partial charge in [-0.1, -0.05) is 12.1 Å². The Labute approximate surface area is 95.5 Å². The van der Waals surface area contributed by atoms with E-state index in [1.807, 2.05) is 0 Å². The number of hydrogen-bond donors (Lipinski definition) is 3. The summed E-state index contributed by atoms with van der Waals surface area (Å²) in [6.07, 6.45) is 0. The van der Waals surface area contributed by atoms with Crippen LogP contribution in [0.3, 0.4) is 0 Å². The summed E-state index contributed by atoms with van der Waals surface area (Å²) in [5.74, 6) is 0. The molecule has 1 aromatic rings. The number of aliphatic hydroxyl groups excluding tert-OH is 1. The highest BCUT2D eigenvalue weighted by atomic mass is 32.2. The van der Waals surface area contributed by atoms with Crippen LogP contribution in [0.15, 0.2) is 29.2 Å². The fourth-order valence-corrected chi connectivity index (χ4v) is 2.14. The van der Waals surface area contributed by atoms with Crippen molar-refractivity contribution < 1.29 is 13.5 Å². The van der Waals surface area contributed by atoms with Gasteiger partial charge in [-0.2, -0.15) is 0 Å². The number of aliphatic hydroxyl groups is 1. The first-order valence-corrected chi connectivity index (χ1v) is 6.42. The predicted octanol–water partition coefficient (Wildman–Crippen LogP) is -0.653. The van der Waals surface area contributed by atoms with Crippen LogP contribution in [0.4, 0.5) is 0 Å². The van der Waals surface area contributed by atoms with Crippen LogP contribution < -0.4 is 10.0 Å². The summed E-state index contributed by atoms with van der Waals surface area (Å²) in [6, 6.07) is 8.84. The topological polar surface area (TPSA) is 78.4 Å². The Morgan fingerprint density at radius 3 is 2.50 bits per heavy atom. The molecule has 3 N–H and O–H groups in total. The largest absolute Gasteiger partial charge is 0.395 e. The molecule has 0 saturated carbocycles. The summed E-state index contributed by atoms with van der Waals surface area (Å²) in [6.45, 7) is 1.28. The lowest BCUT2D eigenvalue weighted by Crippen LogP contribution is -2.32. The molecule has 1 rings (SSSR count). The first-order valence-electron chi connectivity index (χ1n) is 4.94. The van der Waals surface area contributed by atoms with Crippen LogP contribution in [0, 0.1) is 6.07 Å². The Bertz CT molecular complexity index is 392. The molecule has 0 heterocycles. The van der Waals surface area contributed by atoms with E-state index in [4.69, 9.17) is 5.11 Å². The fourth-order valence-electron chi connectivity index (χ4n) is 1.11. The monoisotopic (exact) mass is 243 g/mol. The molecule has 0 aliphatic heterocycles. The van der Waals surface area contributed by atoms with Crippen molar-refractivity contribution in [1.82, 2.24) is 10.0 Å². The Balaban J connectivity index is 2.41. The zero-order valence-electron chi connectivity index (χ0n) is 8.81. The molecule has 0 spiro atoms. The van der Waals surface area contributed by atoms with Crippen LogP contribution in [-0.4, -0.2) is 39.8 Å². The molecule has 5 nitrogen and oxygen atoms in total. The van der Waals surface area contributed by atoms with E-state index in [2.05, 4.69) is 16.1 Å². The third kappa shape index (κ3) is 4.28. The zero-order valence-corrected chi connectivity index (χ0v) is 9.63. The minimum absolute atomic E-state index is 0.0429. The quantitative estimate of drug-likeness (QED) is 0.556. The normalized spacial score (nSPS) is 11.6. The molecule has 0 fully saturated rings. The van der Waals surface area contributed by atoms with E-state index < -0.39 is 10.0 Å². The highest BCUT2D eigenvalue weighted by molar-refractivity contribution is 7.89. The number of hydrogen-bond acceptors (Lipinski definition) is 4. The van der Waals surface area contributed by atoms with Crippen LogP contribution in [0.25, 0.3) is 0 Å². The molecule has 0 atom stereocenters. The second kappa shape index (κ2) is 6.59. The Kier molecular flexibility index (Phi) is 5.41. The minimum atomic E-state index is -3.42. The zero-order chi connectivity index (χ0) is 11.9. The average Bonchev–Trinajstić information content (AvgIpc) is 2.30. The maximum atomic E-state index is 11.7. The van der Waals surface area contributed by atoms with E-state index in [9.17, 15) is 8.42 Å². The van der Waals surface area contributed by atoms with Crippen molar-refractivity contribution in [2.75, 3.05) is 26.2 Å². The van der Waals surface area contributed by atoms with E-state index in [1.165, 1.54) is 12.1 Å². The molecule has 1 aromatic carbocycles. The summed E-state index contributed by atoms with van der Waals surface area (Å²) in [5.41, 5.74) is 0. The molecule has 0 aromatic heterocycles. The van der Waals surface area contributed by atoms with Crippen LogP contribution in [0.1, 0.15) is 0 Å². The lowest BCUT2D eigenvalue weighted by molar-refractivity contribution is 0.293. The summed E-state index contributed by atoms with van der Waals surface area (Å²) in [4.78, 5) is 0.230. The Morgan fingerprint density at radius 2 is 1.88 bits per heavy atom. The van der Waals surface area contributed by atoms with E-state index in [0.29, 0.717) is 19.6 Å². The maximum absolute atomic E-state index is 11.7. The third-order valence-electron chi connectivity index (χ3n) is 1.88. The lowest BCUT2D eigenvalue weighted by Gasteiger charge is -2.06. The first kappa shape index (κ1) is 13.1. The molecule has 6 heteroatoms. The molecule has 0 saturated heterocycles. The molecule has 0 bridgehead atoms. The van der Waals surface area contributed by atoms with Crippen molar-refractivity contribution >= 4 is 10.0 Å². The molecule has 1 radical (unpaired) electrons. The van der Waals surface area contributed by atoms with Crippen LogP contribution in [-0.2, 0) is 10.0 Å². The molecule has 0 aliphatic carbocycles. The average molecular weight is 243 g/mol. The summed E-state index contributed by atoms with van der Waals surface area (Å²) < 4.78 is 25.8. The van der Waals surface area contributed by atoms with Gasteiger partial charge in [-0.3, -0.25) is 0 Å². The van der Waals surface area contributed by atoms with E-state index >= 15 is 0 Å². The standard InChI is InChI=1S/C10H15N2O3S/c13-9-8-11-6-7-12-16(14,15)10-4-2-1-3-5-10/h2-5,11-13H,6-9H2. The summed E-state index contributed by atoms with van der Waals surface area (Å²) in [7, 11) is -3.42. The number of benzene rings is 1. The van der Waals surface area contributed by atoms with Gasteiger partial charge in [0, 0.05) is 19.6 Å². The molecular weight excluding hydrogens is 228 g/mol. The lowest BCUT2D eigenvalue weighted by atomic mass is 10.4. The first-order chi connectivity index (χ1) is 7.67. The highest BCUT2D eigenvalue weighted by Crippen LogP contribution is 2.05. The van der Waals surface area contributed by atoms with Crippen LogP contribution >= 0.6 is 0 Å². The van der Waals surface area contributed by atoms with Gasteiger partial charge in [-0.05, 0) is 18.2 Å². The van der Waals surface area contributed by atoms with Gasteiger partial charge in [-0.25, -0.2) is 13.1 Å². The second-order valence-electron chi connectivity index (χ2n) is 3.11. The summed E-state index contributed by atoms with van der Waals surface area (Å²) in [5, 5.41) is 11.4. The van der Waals surface area contributed by atoms with Gasteiger partial charge >= 0.3 is 0 Å². The summed E-state index contributed by atoms with van der Waals surface area (Å²) >= 11 is 0. The molecule has 0 unspecified atom stereocenters. The van der Waals surface area contributed by atoms with Crippen molar-refractivity contribution in [1.29, 1.82) is 0 Å². The maximum Gasteiger partial charge on any atom is 0.240 e. The van der Waals surface area contributed by atoms with Gasteiger partial charge in [-0.15, -0.1) is 0 Å². The van der Waals surface area contributed by atoms with Crippen molar-refractivity contribution in [3.63, 3.8) is 0 Å². The van der Waals surface area contributed by atoms with Crippen LogP contribution in [0.5, 0.6) is 0 Å². The highest BCUT2D eigenvalue weighted by Gasteiger charge is 2.11. The second-order valence-corrected chi connectivity index (χ2v) is 4.87. The van der Waals surface area contributed by atoms with Gasteiger partial charge in [0.05, 0.1) is 11.5 Å². The van der Waals surface area contributed by atoms with Gasteiger partial charge in [0.1, 0.15) is 0 Å². The van der Waals surface area contributed by atoms with Crippen LogP contribution in [0.2, 0.25) is 0 Å². The van der Waals surface area contributed by atoms with E-state index in [0.717, 1.165) is 0 Å². The van der Waals surface area contributed by atoms with E-state index in [1.54, 1.807) is 12.1 Å². The SMILES string of the molecule is O=S(=O)(NCCNCCO)c1cc[c]cc1. The van der Waals surface area contributed by atoms with Gasteiger partial charge in [0.15, 0.2) is 0 Å². The van der Waals surface area contributed by atoms with Crippen molar-refractivity contribution in [2.24, 2.45) is 0 Å². The Morgan fingerprint density at radius 1 is 1.19 bits per heavy atom.